The van der Waals surface area contributed by atoms with Gasteiger partial charge in [-0.25, -0.2) is 0 Å². The Balaban J connectivity index is 1.52. The topological polar surface area (TPSA) is 80.9 Å². The average Bonchev–Trinajstić information content (AvgIpc) is 3.09. The van der Waals surface area contributed by atoms with Crippen molar-refractivity contribution in [2.45, 2.75) is 117 Å². The van der Waals surface area contributed by atoms with Crippen LogP contribution in [0, 0.1) is 58.2 Å². The van der Waals surface area contributed by atoms with Crippen LogP contribution in [0.2, 0.25) is 0 Å². The first-order chi connectivity index (χ1) is 14.9. The molecule has 0 amide bonds. The number of fused-ring (bicyclic) bond motifs is 5. The van der Waals surface area contributed by atoms with Crippen LogP contribution >= 0.6 is 0 Å². The second-order valence-electron chi connectivity index (χ2n) is 13.4. The molecule has 13 atom stereocenters. The van der Waals surface area contributed by atoms with E-state index in [2.05, 4.69) is 41.5 Å². The number of aliphatic hydroxyl groups excluding tert-OH is 4. The van der Waals surface area contributed by atoms with Gasteiger partial charge in [0, 0.05) is 0 Å². The first kappa shape index (κ1) is 24.9. The minimum Gasteiger partial charge on any atom is -0.390 e. The van der Waals surface area contributed by atoms with Crippen LogP contribution in [0.5, 0.6) is 0 Å². The van der Waals surface area contributed by atoms with E-state index in [-0.39, 0.29) is 22.7 Å². The van der Waals surface area contributed by atoms with E-state index >= 15 is 0 Å². The predicted octanol–water partition coefficient (Wildman–Crippen LogP) is 4.63. The van der Waals surface area contributed by atoms with Crippen LogP contribution in [-0.4, -0.2) is 44.8 Å². The molecule has 0 bridgehead atoms. The molecule has 0 spiro atoms. The van der Waals surface area contributed by atoms with Gasteiger partial charge < -0.3 is 20.4 Å². The number of rotatable bonds is 5. The molecule has 4 rings (SSSR count). The first-order valence-electron chi connectivity index (χ1n) is 13.6. The standard InChI is InChI=1S/C28H50O4/c1-15(2)16(3)25(31)26(32)17(4)20-9-10-21-19-8-7-18-13-23(29)24(30)14-28(18,6)22(19)11-12-27(20,21)5/h15-26,29-32H,7-14H2,1-6H3/t16?,17-,18?,19-,20+,21-,22-,23?,24?,25?,26?,27+,28-/m0/s1. The molecular weight excluding hydrogens is 400 g/mol. The highest BCUT2D eigenvalue weighted by Crippen LogP contribution is 2.68. The Morgan fingerprint density at radius 3 is 2.06 bits per heavy atom. The van der Waals surface area contributed by atoms with E-state index in [1.807, 2.05) is 0 Å². The predicted molar refractivity (Wildman–Crippen MR) is 128 cm³/mol. The van der Waals surface area contributed by atoms with Crippen molar-refractivity contribution in [1.29, 1.82) is 0 Å². The van der Waals surface area contributed by atoms with Gasteiger partial charge in [-0.1, -0.05) is 41.5 Å². The van der Waals surface area contributed by atoms with Crippen LogP contribution in [0.1, 0.15) is 92.9 Å². The molecule has 6 unspecified atom stereocenters. The van der Waals surface area contributed by atoms with Crippen molar-refractivity contribution in [1.82, 2.24) is 0 Å². The Hall–Kier alpha value is -0.160. The summed E-state index contributed by atoms with van der Waals surface area (Å²) in [7, 11) is 0. The third kappa shape index (κ3) is 3.80. The van der Waals surface area contributed by atoms with Crippen molar-refractivity contribution >= 4 is 0 Å². The summed E-state index contributed by atoms with van der Waals surface area (Å²) in [6, 6.07) is 0. The highest BCUT2D eigenvalue weighted by Gasteiger charge is 2.62. The van der Waals surface area contributed by atoms with E-state index in [0.29, 0.717) is 35.5 Å². The highest BCUT2D eigenvalue weighted by atomic mass is 16.3. The highest BCUT2D eigenvalue weighted by molar-refractivity contribution is 5.11. The molecule has 0 aromatic rings. The normalized spacial score (nSPS) is 50.2. The lowest BCUT2D eigenvalue weighted by Crippen LogP contribution is -2.57. The van der Waals surface area contributed by atoms with Gasteiger partial charge in [0.25, 0.3) is 0 Å². The van der Waals surface area contributed by atoms with Crippen LogP contribution in [0.4, 0.5) is 0 Å². The SMILES string of the molecule is CC(C)C(C)C(O)C(O)[C@@H](C)[C@H]1CC[C@H]2[C@@H]3CCC4CC(O)C(O)C[C@]4(C)[C@H]3CC[C@]12C. The molecule has 0 aromatic heterocycles. The fraction of sp³-hybridized carbons (Fsp3) is 1.00. The Morgan fingerprint density at radius 1 is 0.750 bits per heavy atom. The van der Waals surface area contributed by atoms with E-state index < -0.39 is 24.4 Å². The minimum absolute atomic E-state index is 0.0940. The van der Waals surface area contributed by atoms with E-state index in [0.717, 1.165) is 19.3 Å². The molecule has 32 heavy (non-hydrogen) atoms. The van der Waals surface area contributed by atoms with Crippen molar-refractivity contribution in [2.75, 3.05) is 0 Å². The third-order valence-corrected chi connectivity index (χ3v) is 11.9. The van der Waals surface area contributed by atoms with Gasteiger partial charge in [-0.2, -0.15) is 0 Å². The van der Waals surface area contributed by atoms with Gasteiger partial charge in [-0.15, -0.1) is 0 Å². The minimum atomic E-state index is -0.659. The average molecular weight is 451 g/mol. The smallest absolute Gasteiger partial charge is 0.0830 e. The van der Waals surface area contributed by atoms with Crippen molar-refractivity contribution in [3.05, 3.63) is 0 Å². The summed E-state index contributed by atoms with van der Waals surface area (Å²) < 4.78 is 0. The molecule has 0 aromatic carbocycles. The first-order valence-corrected chi connectivity index (χ1v) is 13.6. The van der Waals surface area contributed by atoms with Gasteiger partial charge in [0.15, 0.2) is 0 Å². The molecule has 4 aliphatic rings. The summed E-state index contributed by atoms with van der Waals surface area (Å²) in [6.45, 7) is 13.4. The van der Waals surface area contributed by atoms with Gasteiger partial charge in [-0.3, -0.25) is 0 Å². The molecule has 4 N–H and O–H groups in total. The lowest BCUT2D eigenvalue weighted by molar-refractivity contribution is -0.163. The second kappa shape index (κ2) is 8.81. The van der Waals surface area contributed by atoms with Crippen LogP contribution in [0.25, 0.3) is 0 Å². The van der Waals surface area contributed by atoms with Gasteiger partial charge >= 0.3 is 0 Å². The van der Waals surface area contributed by atoms with Crippen molar-refractivity contribution in [3.63, 3.8) is 0 Å². The van der Waals surface area contributed by atoms with Crippen LogP contribution < -0.4 is 0 Å². The molecule has 0 radical (unpaired) electrons. The third-order valence-electron chi connectivity index (χ3n) is 11.9. The second-order valence-corrected chi connectivity index (χ2v) is 13.4. The van der Waals surface area contributed by atoms with Crippen molar-refractivity contribution in [3.8, 4) is 0 Å². The molecule has 186 valence electrons. The lowest BCUT2D eigenvalue weighted by Gasteiger charge is -2.61. The van der Waals surface area contributed by atoms with Gasteiger partial charge in [0.05, 0.1) is 24.4 Å². The van der Waals surface area contributed by atoms with Crippen LogP contribution in [-0.2, 0) is 0 Å². The van der Waals surface area contributed by atoms with Crippen molar-refractivity contribution in [2.24, 2.45) is 58.2 Å². The summed E-state index contributed by atoms with van der Waals surface area (Å²) in [6.07, 6.45) is 6.31. The lowest BCUT2D eigenvalue weighted by atomic mass is 9.44. The maximum Gasteiger partial charge on any atom is 0.0830 e. The number of hydrogen-bond acceptors (Lipinski definition) is 4. The number of aliphatic hydroxyl groups is 4. The van der Waals surface area contributed by atoms with E-state index in [1.165, 1.54) is 32.1 Å². The molecule has 4 heteroatoms. The monoisotopic (exact) mass is 450 g/mol. The zero-order chi connectivity index (χ0) is 23.6. The fourth-order valence-electron chi connectivity index (χ4n) is 9.43. The molecule has 4 nitrogen and oxygen atoms in total. The summed E-state index contributed by atoms with van der Waals surface area (Å²) in [4.78, 5) is 0. The Kier molecular flexibility index (Phi) is 6.87. The molecule has 4 fully saturated rings. The summed E-state index contributed by atoms with van der Waals surface area (Å²) in [5.74, 6) is 3.59. The molecule has 4 saturated carbocycles. The van der Waals surface area contributed by atoms with Crippen LogP contribution in [0.15, 0.2) is 0 Å². The molecule has 0 heterocycles. The molecule has 0 aliphatic heterocycles. The van der Waals surface area contributed by atoms with Gasteiger partial charge in [0.2, 0.25) is 0 Å². The quantitative estimate of drug-likeness (QED) is 0.492. The van der Waals surface area contributed by atoms with E-state index in [9.17, 15) is 20.4 Å². The summed E-state index contributed by atoms with van der Waals surface area (Å²) in [5, 5.41) is 42.8. The maximum atomic E-state index is 11.2. The van der Waals surface area contributed by atoms with Crippen molar-refractivity contribution < 1.29 is 20.4 Å². The molecule has 4 aliphatic carbocycles. The summed E-state index contributed by atoms with van der Waals surface area (Å²) >= 11 is 0. The Morgan fingerprint density at radius 2 is 1.41 bits per heavy atom. The van der Waals surface area contributed by atoms with Gasteiger partial charge in [0.1, 0.15) is 0 Å². The zero-order valence-electron chi connectivity index (χ0n) is 21.4. The molecular formula is C28H50O4. The zero-order valence-corrected chi connectivity index (χ0v) is 21.4. The largest absolute Gasteiger partial charge is 0.390 e. The fourth-order valence-corrected chi connectivity index (χ4v) is 9.43. The summed E-state index contributed by atoms with van der Waals surface area (Å²) in [5.41, 5.74) is 0.382. The van der Waals surface area contributed by atoms with Crippen LogP contribution in [0.3, 0.4) is 0 Å². The number of hydrogen-bond donors (Lipinski definition) is 4. The van der Waals surface area contributed by atoms with Gasteiger partial charge in [-0.05, 0) is 110 Å². The Labute approximate surface area is 196 Å². The Bertz CT molecular complexity index is 666. The van der Waals surface area contributed by atoms with E-state index in [4.69, 9.17) is 0 Å². The molecule has 0 saturated heterocycles. The van der Waals surface area contributed by atoms with E-state index in [1.54, 1.807) is 0 Å². The maximum absolute atomic E-state index is 11.2.